The van der Waals surface area contributed by atoms with Crippen LogP contribution in [0.3, 0.4) is 0 Å². The van der Waals surface area contributed by atoms with Gasteiger partial charge in [-0.25, -0.2) is 4.98 Å². The first-order valence-electron chi connectivity index (χ1n) is 7.94. The van der Waals surface area contributed by atoms with Gasteiger partial charge in [0.25, 0.3) is 0 Å². The number of pyridine rings is 3. The molecule has 0 aliphatic carbocycles. The van der Waals surface area contributed by atoms with Gasteiger partial charge < -0.3 is 0 Å². The zero-order valence-corrected chi connectivity index (χ0v) is 14.3. The number of rotatable bonds is 3. The summed E-state index contributed by atoms with van der Waals surface area (Å²) in [4.78, 5) is 14.6. The van der Waals surface area contributed by atoms with Crippen LogP contribution in [0.4, 0.5) is 0 Å². The summed E-state index contributed by atoms with van der Waals surface area (Å²) in [6.07, 6.45) is 3.64. The molecule has 0 aliphatic heterocycles. The van der Waals surface area contributed by atoms with Crippen LogP contribution in [-0.2, 0) is 0 Å². The lowest BCUT2D eigenvalue weighted by atomic mass is 10.1. The van der Waals surface area contributed by atoms with Gasteiger partial charge in [0.2, 0.25) is 0 Å². The predicted molar refractivity (Wildman–Crippen MR) is 103 cm³/mol. The van der Waals surface area contributed by atoms with Crippen LogP contribution in [0.2, 0.25) is 0 Å². The highest BCUT2D eigenvalue weighted by Gasteiger charge is 2.06. The molecule has 3 aromatic heterocycles. The molecule has 4 rings (SSSR count). The Hall–Kier alpha value is -2.98. The lowest BCUT2D eigenvalue weighted by molar-refractivity contribution is 1.22. The monoisotopic (exact) mass is 341 g/mol. The van der Waals surface area contributed by atoms with E-state index in [0.717, 1.165) is 38.8 Å². The minimum atomic E-state index is 0.834. The second kappa shape index (κ2) is 6.87. The second-order valence-electron chi connectivity index (χ2n) is 5.60. The van der Waals surface area contributed by atoms with Crippen molar-refractivity contribution in [3.8, 4) is 33.9 Å². The molecule has 0 N–H and O–H groups in total. The molecule has 3 nitrogen and oxygen atoms in total. The van der Waals surface area contributed by atoms with Crippen LogP contribution in [0.1, 0.15) is 0 Å². The maximum Gasteiger partial charge on any atom is 0.0894 e. The zero-order valence-electron chi connectivity index (χ0n) is 13.4. The molecule has 3 heterocycles. The fraction of sp³-hybridized carbons (Fsp3) is 0. The molecule has 4 heteroatoms. The van der Waals surface area contributed by atoms with E-state index in [9.17, 15) is 0 Å². The van der Waals surface area contributed by atoms with Crippen molar-refractivity contribution in [1.82, 2.24) is 15.0 Å². The molecule has 0 amide bonds. The Morgan fingerprint density at radius 3 is 1.88 bits per heavy atom. The number of nitrogens with zero attached hydrogens (tertiary/aromatic N) is 3. The van der Waals surface area contributed by atoms with E-state index < -0.39 is 0 Å². The number of thiol groups is 1. The van der Waals surface area contributed by atoms with Crippen molar-refractivity contribution in [3.05, 3.63) is 85.2 Å². The van der Waals surface area contributed by atoms with Crippen LogP contribution in [0.15, 0.2) is 90.1 Å². The van der Waals surface area contributed by atoms with Crippen LogP contribution >= 0.6 is 12.6 Å². The largest absolute Gasteiger partial charge is 0.255 e. The molecule has 1 aromatic carbocycles. The summed E-state index contributed by atoms with van der Waals surface area (Å²) in [7, 11) is 0. The molecular weight excluding hydrogens is 326 g/mol. The quantitative estimate of drug-likeness (QED) is 0.523. The molecule has 0 radical (unpaired) electrons. The summed E-state index contributed by atoms with van der Waals surface area (Å²) in [5.74, 6) is 0. The molecule has 0 unspecified atom stereocenters. The second-order valence-corrected chi connectivity index (χ2v) is 6.12. The maximum atomic E-state index is 4.69. The van der Waals surface area contributed by atoms with Crippen LogP contribution in [0.5, 0.6) is 0 Å². The Labute approximate surface area is 151 Å². The Bertz CT molecular complexity index is 982. The van der Waals surface area contributed by atoms with E-state index in [-0.39, 0.29) is 0 Å². The SMILES string of the molecule is Sc1ccc(-c2ccc(-c3cccc(-c4ccccn4)n3)nc2)cc1. The smallest absolute Gasteiger partial charge is 0.0894 e. The molecule has 0 spiro atoms. The minimum absolute atomic E-state index is 0.834. The summed E-state index contributed by atoms with van der Waals surface area (Å²) < 4.78 is 0. The summed E-state index contributed by atoms with van der Waals surface area (Å²) in [6, 6.07) is 23.8. The minimum Gasteiger partial charge on any atom is -0.255 e. The average Bonchev–Trinajstić information content (AvgIpc) is 2.70. The third kappa shape index (κ3) is 3.44. The topological polar surface area (TPSA) is 38.7 Å². The first kappa shape index (κ1) is 15.5. The summed E-state index contributed by atoms with van der Waals surface area (Å²) in [5.41, 5.74) is 5.55. The van der Waals surface area contributed by atoms with Gasteiger partial charge in [0, 0.05) is 22.9 Å². The van der Waals surface area contributed by atoms with Crippen LogP contribution in [0.25, 0.3) is 33.9 Å². The first-order chi connectivity index (χ1) is 12.3. The van der Waals surface area contributed by atoms with Crippen molar-refractivity contribution in [2.75, 3.05) is 0 Å². The van der Waals surface area contributed by atoms with E-state index >= 15 is 0 Å². The fourth-order valence-corrected chi connectivity index (χ4v) is 2.75. The van der Waals surface area contributed by atoms with Crippen molar-refractivity contribution < 1.29 is 0 Å². The van der Waals surface area contributed by atoms with Gasteiger partial charge in [0.05, 0.1) is 22.8 Å². The van der Waals surface area contributed by atoms with Crippen LogP contribution in [-0.4, -0.2) is 15.0 Å². The maximum absolute atomic E-state index is 4.69. The van der Waals surface area contributed by atoms with Crippen molar-refractivity contribution in [3.63, 3.8) is 0 Å². The summed E-state index contributed by atoms with van der Waals surface area (Å²) >= 11 is 4.32. The van der Waals surface area contributed by atoms with Gasteiger partial charge in [-0.1, -0.05) is 30.3 Å². The van der Waals surface area contributed by atoms with E-state index in [1.807, 2.05) is 72.9 Å². The normalized spacial score (nSPS) is 10.6. The highest BCUT2D eigenvalue weighted by Crippen LogP contribution is 2.24. The third-order valence-electron chi connectivity index (χ3n) is 3.90. The molecule has 120 valence electrons. The average molecular weight is 341 g/mol. The highest BCUT2D eigenvalue weighted by atomic mass is 32.1. The number of hydrogen-bond acceptors (Lipinski definition) is 4. The molecule has 0 saturated heterocycles. The van der Waals surface area contributed by atoms with Gasteiger partial charge in [0.1, 0.15) is 0 Å². The van der Waals surface area contributed by atoms with E-state index in [4.69, 9.17) is 4.98 Å². The Morgan fingerprint density at radius 1 is 0.560 bits per heavy atom. The van der Waals surface area contributed by atoms with Crippen molar-refractivity contribution in [2.24, 2.45) is 0 Å². The van der Waals surface area contributed by atoms with Gasteiger partial charge in [0.15, 0.2) is 0 Å². The third-order valence-corrected chi connectivity index (χ3v) is 4.20. The van der Waals surface area contributed by atoms with Gasteiger partial charge in [-0.15, -0.1) is 12.6 Å². The van der Waals surface area contributed by atoms with E-state index in [1.165, 1.54) is 0 Å². The van der Waals surface area contributed by atoms with E-state index in [1.54, 1.807) is 6.20 Å². The fourth-order valence-electron chi connectivity index (χ4n) is 2.60. The molecule has 0 atom stereocenters. The van der Waals surface area contributed by atoms with Gasteiger partial charge in [-0.2, -0.15) is 0 Å². The van der Waals surface area contributed by atoms with Gasteiger partial charge in [-0.3, -0.25) is 9.97 Å². The van der Waals surface area contributed by atoms with Crippen molar-refractivity contribution >= 4 is 12.6 Å². The Morgan fingerprint density at radius 2 is 1.24 bits per heavy atom. The van der Waals surface area contributed by atoms with Crippen molar-refractivity contribution in [1.29, 1.82) is 0 Å². The van der Waals surface area contributed by atoms with Crippen molar-refractivity contribution in [2.45, 2.75) is 4.90 Å². The van der Waals surface area contributed by atoms with Crippen LogP contribution in [0, 0.1) is 0 Å². The van der Waals surface area contributed by atoms with E-state index in [2.05, 4.69) is 28.7 Å². The first-order valence-corrected chi connectivity index (χ1v) is 8.39. The number of aromatic nitrogens is 3. The van der Waals surface area contributed by atoms with Crippen LogP contribution < -0.4 is 0 Å². The lowest BCUT2D eigenvalue weighted by Crippen LogP contribution is -1.91. The van der Waals surface area contributed by atoms with E-state index in [0.29, 0.717) is 0 Å². The predicted octanol–water partition coefficient (Wildman–Crippen LogP) is 5.16. The lowest BCUT2D eigenvalue weighted by Gasteiger charge is -2.06. The molecule has 0 fully saturated rings. The molecule has 0 aliphatic rings. The Kier molecular flexibility index (Phi) is 4.27. The Balaban J connectivity index is 1.65. The number of benzene rings is 1. The summed E-state index contributed by atoms with van der Waals surface area (Å²) in [6.45, 7) is 0. The van der Waals surface area contributed by atoms with Gasteiger partial charge >= 0.3 is 0 Å². The molecule has 25 heavy (non-hydrogen) atoms. The molecule has 0 saturated carbocycles. The summed E-state index contributed by atoms with van der Waals surface area (Å²) in [5, 5.41) is 0. The molecule has 0 bridgehead atoms. The molecular formula is C21H15N3S. The highest BCUT2D eigenvalue weighted by molar-refractivity contribution is 7.80. The zero-order chi connectivity index (χ0) is 17.1. The number of hydrogen-bond donors (Lipinski definition) is 1. The molecule has 4 aromatic rings. The standard InChI is InChI=1S/C21H15N3S/c25-17-10-7-15(8-11-17)16-9-12-19(23-14-16)21-6-3-5-20(24-21)18-4-1-2-13-22-18/h1-14,25H. The van der Waals surface area contributed by atoms with Gasteiger partial charge in [-0.05, 0) is 48.0 Å².